The lowest BCUT2D eigenvalue weighted by Crippen LogP contribution is -2.42. The number of halogens is 4. The minimum absolute atomic E-state index is 0. The number of nitrogens with zero attached hydrogens (tertiary/aromatic N) is 2. The van der Waals surface area contributed by atoms with E-state index in [0.717, 1.165) is 16.5 Å². The zero-order valence-corrected chi connectivity index (χ0v) is 25.8. The standard InChI is InChI=1S/C30H37F4N3O4.C2H6.H2/c1-29(2,3)41-28(38)36(14-7-13-31)16-17-40-20-10-11-25(39-4)23(18-20)27-26-22(12-15-37(27)19-30(32,33)34)21-8-5-6-9-24(21)35-26;1-2;/h5-6,8-11,18,27,35H,7,12-17,19H2,1-4H3;1-2H3;1H/t27-;;/m1../s1. The molecular formula is C32H45F4N3O4. The highest BCUT2D eigenvalue weighted by Gasteiger charge is 2.40. The van der Waals surface area contributed by atoms with E-state index in [1.165, 1.54) is 16.9 Å². The van der Waals surface area contributed by atoms with E-state index in [4.69, 9.17) is 14.2 Å². The second-order valence-corrected chi connectivity index (χ2v) is 11.1. The molecule has 2 aromatic carbocycles. The van der Waals surface area contributed by atoms with Crippen LogP contribution in [0.25, 0.3) is 10.9 Å². The van der Waals surface area contributed by atoms with E-state index in [1.54, 1.807) is 39.0 Å². The molecule has 0 saturated heterocycles. The molecule has 4 rings (SSSR count). The molecule has 1 N–H and O–H groups in total. The van der Waals surface area contributed by atoms with Crippen molar-refractivity contribution in [1.82, 2.24) is 14.8 Å². The molecule has 1 amide bonds. The van der Waals surface area contributed by atoms with Crippen molar-refractivity contribution in [3.63, 3.8) is 0 Å². The molecule has 0 radical (unpaired) electrons. The fraction of sp³-hybridized carbons (Fsp3) is 0.531. The first-order valence-corrected chi connectivity index (χ1v) is 14.6. The fourth-order valence-electron chi connectivity index (χ4n) is 5.20. The molecule has 11 heteroatoms. The lowest BCUT2D eigenvalue weighted by atomic mass is 9.91. The third-order valence-corrected chi connectivity index (χ3v) is 6.86. The van der Waals surface area contributed by atoms with Crippen molar-refractivity contribution in [1.29, 1.82) is 0 Å². The first-order chi connectivity index (χ1) is 20.4. The average Bonchev–Trinajstić information content (AvgIpc) is 3.32. The van der Waals surface area contributed by atoms with Crippen molar-refractivity contribution in [2.45, 2.75) is 65.3 Å². The molecule has 0 unspecified atom stereocenters. The minimum Gasteiger partial charge on any atom is -0.496 e. The van der Waals surface area contributed by atoms with E-state index >= 15 is 0 Å². The molecule has 240 valence electrons. The maximum Gasteiger partial charge on any atom is 0.410 e. The van der Waals surface area contributed by atoms with Crippen LogP contribution < -0.4 is 9.47 Å². The number of fused-ring (bicyclic) bond motifs is 3. The Kier molecular flexibility index (Phi) is 11.7. The van der Waals surface area contributed by atoms with Gasteiger partial charge in [-0.25, -0.2) is 4.79 Å². The Morgan fingerprint density at radius 1 is 1.12 bits per heavy atom. The number of carbonyl (C=O) groups is 1. The Labute approximate surface area is 252 Å². The van der Waals surface area contributed by atoms with Crippen molar-refractivity contribution >= 4 is 17.0 Å². The van der Waals surface area contributed by atoms with E-state index in [1.807, 2.05) is 38.1 Å². The van der Waals surface area contributed by atoms with Crippen LogP contribution in [0.3, 0.4) is 0 Å². The Morgan fingerprint density at radius 3 is 2.49 bits per heavy atom. The van der Waals surface area contributed by atoms with Crippen LogP contribution in [0.1, 0.15) is 65.3 Å². The Morgan fingerprint density at radius 2 is 1.84 bits per heavy atom. The third kappa shape index (κ3) is 9.01. The topological polar surface area (TPSA) is 67.0 Å². The van der Waals surface area contributed by atoms with Gasteiger partial charge in [-0.1, -0.05) is 32.0 Å². The van der Waals surface area contributed by atoms with Gasteiger partial charge in [0.2, 0.25) is 0 Å². The summed E-state index contributed by atoms with van der Waals surface area (Å²) in [7, 11) is 1.48. The number of amides is 1. The molecule has 1 aliphatic rings. The molecule has 1 aromatic heterocycles. The van der Waals surface area contributed by atoms with Crippen LogP contribution in [0.4, 0.5) is 22.4 Å². The lowest BCUT2D eigenvalue weighted by Gasteiger charge is -2.37. The van der Waals surface area contributed by atoms with Crippen molar-refractivity contribution in [2.24, 2.45) is 0 Å². The summed E-state index contributed by atoms with van der Waals surface area (Å²) in [5.74, 6) is 0.838. The number of aromatic amines is 1. The second-order valence-electron chi connectivity index (χ2n) is 11.1. The maximum atomic E-state index is 13.7. The molecule has 3 aromatic rings. The molecule has 0 saturated carbocycles. The zero-order valence-electron chi connectivity index (χ0n) is 25.8. The lowest BCUT2D eigenvalue weighted by molar-refractivity contribution is -0.150. The van der Waals surface area contributed by atoms with E-state index < -0.39 is 37.1 Å². The number of methoxy groups -OCH3 is 1. The average molecular weight is 612 g/mol. The third-order valence-electron chi connectivity index (χ3n) is 6.86. The Balaban J connectivity index is 0.00000220. The maximum absolute atomic E-state index is 13.7. The molecule has 0 spiro atoms. The largest absolute Gasteiger partial charge is 0.496 e. The second kappa shape index (κ2) is 14.8. The molecular weight excluding hydrogens is 566 g/mol. The van der Waals surface area contributed by atoms with Gasteiger partial charge in [-0.05, 0) is 63.4 Å². The normalized spacial score (nSPS) is 15.3. The van der Waals surface area contributed by atoms with E-state index in [0.29, 0.717) is 29.2 Å². The first-order valence-electron chi connectivity index (χ1n) is 14.6. The highest BCUT2D eigenvalue weighted by molar-refractivity contribution is 5.85. The first kappa shape index (κ1) is 34.0. The number of para-hydroxylation sites is 1. The van der Waals surface area contributed by atoms with Crippen LogP contribution in [0.2, 0.25) is 0 Å². The summed E-state index contributed by atoms with van der Waals surface area (Å²) in [4.78, 5) is 18.8. The summed E-state index contributed by atoms with van der Waals surface area (Å²) in [6.07, 6.45) is -4.33. The van der Waals surface area contributed by atoms with E-state index in [2.05, 4.69) is 4.98 Å². The zero-order chi connectivity index (χ0) is 31.8. The summed E-state index contributed by atoms with van der Waals surface area (Å²) < 4.78 is 70.9. The van der Waals surface area contributed by atoms with Crippen molar-refractivity contribution in [3.05, 3.63) is 59.3 Å². The van der Waals surface area contributed by atoms with Crippen LogP contribution in [0.15, 0.2) is 42.5 Å². The summed E-state index contributed by atoms with van der Waals surface area (Å²) in [6.45, 7) is 8.19. The van der Waals surface area contributed by atoms with Gasteiger partial charge >= 0.3 is 12.3 Å². The van der Waals surface area contributed by atoms with Gasteiger partial charge in [0.15, 0.2) is 0 Å². The highest BCUT2D eigenvalue weighted by Crippen LogP contribution is 2.43. The van der Waals surface area contributed by atoms with Gasteiger partial charge in [0.1, 0.15) is 23.7 Å². The molecule has 43 heavy (non-hydrogen) atoms. The van der Waals surface area contributed by atoms with Gasteiger partial charge in [-0.15, -0.1) is 0 Å². The van der Waals surface area contributed by atoms with Crippen LogP contribution in [0.5, 0.6) is 11.5 Å². The van der Waals surface area contributed by atoms with Gasteiger partial charge in [0.25, 0.3) is 0 Å². The van der Waals surface area contributed by atoms with Crippen molar-refractivity contribution in [2.75, 3.05) is 46.6 Å². The Bertz CT molecular complexity index is 1340. The Hall–Kier alpha value is -3.47. The number of hydrogen-bond donors (Lipinski definition) is 1. The quantitative estimate of drug-likeness (QED) is 0.236. The number of ether oxygens (including phenoxy) is 3. The van der Waals surface area contributed by atoms with Gasteiger partial charge in [-0.2, -0.15) is 13.2 Å². The number of alkyl halides is 4. The molecule has 2 heterocycles. The number of hydrogen-bond acceptors (Lipinski definition) is 5. The molecule has 7 nitrogen and oxygen atoms in total. The number of H-pyrrole nitrogens is 1. The smallest absolute Gasteiger partial charge is 0.410 e. The van der Waals surface area contributed by atoms with Gasteiger partial charge in [0.05, 0.1) is 32.9 Å². The van der Waals surface area contributed by atoms with Crippen molar-refractivity contribution in [3.8, 4) is 11.5 Å². The molecule has 0 fully saturated rings. The highest BCUT2D eigenvalue weighted by atomic mass is 19.4. The van der Waals surface area contributed by atoms with Crippen LogP contribution in [-0.4, -0.2) is 79.2 Å². The summed E-state index contributed by atoms with van der Waals surface area (Å²) in [5, 5.41) is 0.987. The molecule has 1 aliphatic heterocycles. The molecule has 0 aliphatic carbocycles. The van der Waals surface area contributed by atoms with Crippen molar-refractivity contribution < 1.29 is 38.0 Å². The summed E-state index contributed by atoms with van der Waals surface area (Å²) >= 11 is 0. The van der Waals surface area contributed by atoms with Crippen LogP contribution >= 0.6 is 0 Å². The van der Waals surface area contributed by atoms with Gasteiger partial charge in [0, 0.05) is 36.7 Å². The number of rotatable bonds is 10. The SMILES string of the molecule is CC.COc1ccc(OCCN(CCCF)C(=O)OC(C)(C)C)cc1[C@@H]1c2[nH]c3ccccc3c2CCN1CC(F)(F)F.[HH]. The number of benzene rings is 2. The summed E-state index contributed by atoms with van der Waals surface area (Å²) in [5.41, 5.74) is 2.36. The summed E-state index contributed by atoms with van der Waals surface area (Å²) in [6, 6.07) is 12.0. The van der Waals surface area contributed by atoms with Gasteiger partial charge in [-0.3, -0.25) is 9.29 Å². The predicted molar refractivity (Wildman–Crippen MR) is 162 cm³/mol. The number of carbonyl (C=O) groups excluding carboxylic acids is 1. The monoisotopic (exact) mass is 611 g/mol. The molecule has 0 bridgehead atoms. The van der Waals surface area contributed by atoms with E-state index in [9.17, 15) is 22.4 Å². The van der Waals surface area contributed by atoms with Gasteiger partial charge < -0.3 is 24.1 Å². The molecule has 1 atom stereocenters. The van der Waals surface area contributed by atoms with Crippen LogP contribution in [0, 0.1) is 0 Å². The van der Waals surface area contributed by atoms with Crippen LogP contribution in [-0.2, 0) is 11.2 Å². The predicted octanol–water partition coefficient (Wildman–Crippen LogP) is 7.93. The number of nitrogens with one attached hydrogen (secondary N) is 1. The minimum atomic E-state index is -4.39. The fourth-order valence-corrected chi connectivity index (χ4v) is 5.20. The number of aromatic nitrogens is 1. The van der Waals surface area contributed by atoms with E-state index in [-0.39, 0.29) is 34.1 Å².